The van der Waals surface area contributed by atoms with Gasteiger partial charge in [0.15, 0.2) is 0 Å². The van der Waals surface area contributed by atoms with Gasteiger partial charge in [-0.2, -0.15) is 0 Å². The van der Waals surface area contributed by atoms with Gasteiger partial charge in [-0.05, 0) is 56.6 Å². The highest BCUT2D eigenvalue weighted by molar-refractivity contribution is 5.94. The van der Waals surface area contributed by atoms with Gasteiger partial charge in [0.05, 0.1) is 0 Å². The van der Waals surface area contributed by atoms with Gasteiger partial charge in [-0.1, -0.05) is 29.8 Å². The van der Waals surface area contributed by atoms with Crippen molar-refractivity contribution in [3.63, 3.8) is 0 Å². The molecular weight excluding hydrogens is 312 g/mol. The molecule has 4 heteroatoms. The van der Waals surface area contributed by atoms with Gasteiger partial charge in [-0.15, -0.1) is 0 Å². The predicted octanol–water partition coefficient (Wildman–Crippen LogP) is 3.55. The number of nitrogens with one attached hydrogen (secondary N) is 1. The molecule has 1 N–H and O–H groups in total. The van der Waals surface area contributed by atoms with Gasteiger partial charge in [0.2, 0.25) is 5.91 Å². The maximum Gasteiger partial charge on any atom is 0.251 e. The molecule has 1 heterocycles. The highest BCUT2D eigenvalue weighted by Gasteiger charge is 2.24. The van der Waals surface area contributed by atoms with E-state index in [0.29, 0.717) is 24.4 Å². The number of allylic oxidation sites excluding steroid dienone is 1. The zero-order valence-electron chi connectivity index (χ0n) is 14.9. The molecule has 2 aliphatic rings. The van der Waals surface area contributed by atoms with Crippen molar-refractivity contribution in [2.45, 2.75) is 44.9 Å². The molecule has 0 radical (unpaired) electrons. The predicted molar refractivity (Wildman–Crippen MR) is 99.2 cm³/mol. The van der Waals surface area contributed by atoms with Crippen molar-refractivity contribution in [1.29, 1.82) is 0 Å². The molecule has 0 bridgehead atoms. The van der Waals surface area contributed by atoms with Crippen molar-refractivity contribution in [1.82, 2.24) is 10.2 Å². The summed E-state index contributed by atoms with van der Waals surface area (Å²) in [4.78, 5) is 26.7. The third kappa shape index (κ3) is 5.18. The first-order valence-electron chi connectivity index (χ1n) is 9.51. The number of piperidine rings is 1. The van der Waals surface area contributed by atoms with Gasteiger partial charge in [0.1, 0.15) is 0 Å². The second kappa shape index (κ2) is 8.84. The zero-order valence-corrected chi connectivity index (χ0v) is 14.9. The van der Waals surface area contributed by atoms with Gasteiger partial charge in [-0.3, -0.25) is 9.59 Å². The molecule has 3 rings (SSSR count). The lowest BCUT2D eigenvalue weighted by Gasteiger charge is -2.33. The number of hydrogen-bond acceptors (Lipinski definition) is 2. The minimum absolute atomic E-state index is 0.0311. The average Bonchev–Trinajstić information content (AvgIpc) is 2.68. The SMILES string of the molecule is O=C(NCC1CCCN(C(=O)CC2=CCCCC2)C1)c1ccccc1. The molecule has 1 unspecified atom stereocenters. The summed E-state index contributed by atoms with van der Waals surface area (Å²) in [5.41, 5.74) is 2.01. The zero-order chi connectivity index (χ0) is 17.5. The molecule has 1 atom stereocenters. The molecule has 1 fully saturated rings. The van der Waals surface area contributed by atoms with Crippen molar-refractivity contribution in [3.05, 3.63) is 47.5 Å². The lowest BCUT2D eigenvalue weighted by atomic mass is 9.94. The summed E-state index contributed by atoms with van der Waals surface area (Å²) in [5.74, 6) is 0.578. The van der Waals surface area contributed by atoms with Crippen LogP contribution in [0, 0.1) is 5.92 Å². The number of carbonyl (C=O) groups is 2. The summed E-state index contributed by atoms with van der Waals surface area (Å²) < 4.78 is 0. The fourth-order valence-electron chi connectivity index (χ4n) is 3.76. The number of carbonyl (C=O) groups excluding carboxylic acids is 2. The topological polar surface area (TPSA) is 49.4 Å². The van der Waals surface area contributed by atoms with Crippen LogP contribution in [-0.2, 0) is 4.79 Å². The normalized spacial score (nSPS) is 20.7. The van der Waals surface area contributed by atoms with E-state index in [-0.39, 0.29) is 11.8 Å². The standard InChI is InChI=1S/C21H28N2O2/c24-20(14-17-8-3-1-4-9-17)23-13-7-10-18(16-23)15-22-21(25)19-11-5-2-6-12-19/h2,5-6,8,11-12,18H,1,3-4,7,9-10,13-16H2,(H,22,25). The maximum atomic E-state index is 12.6. The van der Waals surface area contributed by atoms with E-state index in [1.54, 1.807) is 0 Å². The fourth-order valence-corrected chi connectivity index (χ4v) is 3.76. The number of benzene rings is 1. The Morgan fingerprint density at radius 1 is 1.12 bits per heavy atom. The molecule has 1 aromatic carbocycles. The summed E-state index contributed by atoms with van der Waals surface area (Å²) in [7, 11) is 0. The molecule has 1 aliphatic carbocycles. The number of amides is 2. The molecule has 134 valence electrons. The van der Waals surface area contributed by atoms with Crippen LogP contribution in [0.25, 0.3) is 0 Å². The van der Waals surface area contributed by atoms with Crippen LogP contribution in [0.2, 0.25) is 0 Å². The number of nitrogens with zero attached hydrogens (tertiary/aromatic N) is 1. The summed E-state index contributed by atoms with van der Waals surface area (Å²) in [5, 5.41) is 3.02. The molecule has 1 aromatic rings. The highest BCUT2D eigenvalue weighted by Crippen LogP contribution is 2.23. The van der Waals surface area contributed by atoms with Crippen LogP contribution in [0.5, 0.6) is 0 Å². The lowest BCUT2D eigenvalue weighted by Crippen LogP contribution is -2.43. The first-order valence-corrected chi connectivity index (χ1v) is 9.51. The third-order valence-corrected chi connectivity index (χ3v) is 5.22. The largest absolute Gasteiger partial charge is 0.352 e. The Hall–Kier alpha value is -2.10. The minimum Gasteiger partial charge on any atom is -0.352 e. The van der Waals surface area contributed by atoms with Gasteiger partial charge >= 0.3 is 0 Å². The van der Waals surface area contributed by atoms with Gasteiger partial charge in [0, 0.05) is 31.6 Å². The van der Waals surface area contributed by atoms with Crippen molar-refractivity contribution in [2.75, 3.05) is 19.6 Å². The van der Waals surface area contributed by atoms with E-state index in [4.69, 9.17) is 0 Å². The molecule has 0 spiro atoms. The van der Waals surface area contributed by atoms with Crippen LogP contribution >= 0.6 is 0 Å². The van der Waals surface area contributed by atoms with Crippen LogP contribution in [0.1, 0.15) is 55.3 Å². The van der Waals surface area contributed by atoms with E-state index >= 15 is 0 Å². The number of rotatable bonds is 5. The summed E-state index contributed by atoms with van der Waals surface area (Å²) >= 11 is 0. The Balaban J connectivity index is 1.46. The van der Waals surface area contributed by atoms with E-state index in [2.05, 4.69) is 11.4 Å². The highest BCUT2D eigenvalue weighted by atomic mass is 16.2. The molecule has 0 saturated carbocycles. The number of hydrogen-bond donors (Lipinski definition) is 1. The third-order valence-electron chi connectivity index (χ3n) is 5.22. The minimum atomic E-state index is -0.0311. The second-order valence-corrected chi connectivity index (χ2v) is 7.21. The van der Waals surface area contributed by atoms with Crippen molar-refractivity contribution >= 4 is 11.8 Å². The smallest absolute Gasteiger partial charge is 0.251 e. The van der Waals surface area contributed by atoms with Crippen LogP contribution in [0.4, 0.5) is 0 Å². The van der Waals surface area contributed by atoms with Crippen molar-refractivity contribution in [2.24, 2.45) is 5.92 Å². The Bertz CT molecular complexity index is 624. The Kier molecular flexibility index (Phi) is 6.26. The van der Waals surface area contributed by atoms with Gasteiger partial charge < -0.3 is 10.2 Å². The summed E-state index contributed by atoms with van der Waals surface area (Å²) in [6.07, 6.45) is 9.61. The van der Waals surface area contributed by atoms with Crippen LogP contribution < -0.4 is 5.32 Å². The molecule has 4 nitrogen and oxygen atoms in total. The fraction of sp³-hybridized carbons (Fsp3) is 0.524. The summed E-state index contributed by atoms with van der Waals surface area (Å²) in [6.45, 7) is 2.26. The Morgan fingerprint density at radius 3 is 2.72 bits per heavy atom. The monoisotopic (exact) mass is 340 g/mol. The lowest BCUT2D eigenvalue weighted by molar-refractivity contribution is -0.132. The summed E-state index contributed by atoms with van der Waals surface area (Å²) in [6, 6.07) is 9.29. The van der Waals surface area contributed by atoms with E-state index in [0.717, 1.165) is 38.8 Å². The molecular formula is C21H28N2O2. The van der Waals surface area contributed by atoms with Crippen LogP contribution in [-0.4, -0.2) is 36.3 Å². The maximum absolute atomic E-state index is 12.6. The molecule has 1 saturated heterocycles. The molecule has 2 amide bonds. The van der Waals surface area contributed by atoms with Gasteiger partial charge in [-0.25, -0.2) is 0 Å². The second-order valence-electron chi connectivity index (χ2n) is 7.21. The quantitative estimate of drug-likeness (QED) is 0.834. The number of likely N-dealkylation sites (tertiary alicyclic amines) is 1. The van der Waals surface area contributed by atoms with E-state index in [1.165, 1.54) is 18.4 Å². The van der Waals surface area contributed by atoms with E-state index < -0.39 is 0 Å². The van der Waals surface area contributed by atoms with Crippen LogP contribution in [0.3, 0.4) is 0 Å². The first kappa shape index (κ1) is 17.7. The van der Waals surface area contributed by atoms with Gasteiger partial charge in [0.25, 0.3) is 5.91 Å². The average molecular weight is 340 g/mol. The molecule has 0 aromatic heterocycles. The van der Waals surface area contributed by atoms with E-state index in [1.807, 2.05) is 35.2 Å². The Labute approximate surface area is 150 Å². The van der Waals surface area contributed by atoms with Crippen LogP contribution in [0.15, 0.2) is 42.0 Å². The molecule has 1 aliphatic heterocycles. The van der Waals surface area contributed by atoms with E-state index in [9.17, 15) is 9.59 Å². The molecule has 25 heavy (non-hydrogen) atoms. The Morgan fingerprint density at radius 2 is 1.96 bits per heavy atom. The van der Waals surface area contributed by atoms with Crippen molar-refractivity contribution < 1.29 is 9.59 Å². The first-order chi connectivity index (χ1) is 12.2. The van der Waals surface area contributed by atoms with Crippen molar-refractivity contribution in [3.8, 4) is 0 Å².